The Hall–Kier alpha value is -2.86. The minimum absolute atomic E-state index is 0.147. The number of pyridine rings is 1. The molecular weight excluding hydrogens is 403 g/mol. The number of likely N-dealkylation sites (tertiary alicyclic amines) is 1. The zero-order chi connectivity index (χ0) is 21.9. The molecule has 3 aliphatic heterocycles. The van der Waals surface area contributed by atoms with Gasteiger partial charge in [-0.25, -0.2) is 4.39 Å². The van der Waals surface area contributed by atoms with Gasteiger partial charge in [-0.2, -0.15) is 0 Å². The number of aromatic nitrogens is 1. The number of piperidine rings is 1. The highest BCUT2D eigenvalue weighted by Gasteiger charge is 2.31. The van der Waals surface area contributed by atoms with Crippen LogP contribution in [-0.2, 0) is 11.3 Å². The summed E-state index contributed by atoms with van der Waals surface area (Å²) in [6.07, 6.45) is 7.17. The molecule has 1 atom stereocenters. The van der Waals surface area contributed by atoms with Crippen LogP contribution in [0.5, 0.6) is 0 Å². The highest BCUT2D eigenvalue weighted by molar-refractivity contribution is 6.15. The van der Waals surface area contributed by atoms with Crippen molar-refractivity contribution in [3.8, 4) is 0 Å². The van der Waals surface area contributed by atoms with Gasteiger partial charge in [-0.15, -0.1) is 0 Å². The van der Waals surface area contributed by atoms with E-state index in [0.29, 0.717) is 25.4 Å². The molecule has 0 saturated carbocycles. The number of nitrogens with zero attached hydrogens (tertiary/aromatic N) is 4. The monoisotopic (exact) mass is 432 g/mol. The first-order chi connectivity index (χ1) is 15.7. The van der Waals surface area contributed by atoms with Gasteiger partial charge in [0.1, 0.15) is 5.82 Å². The Morgan fingerprint density at radius 1 is 1.12 bits per heavy atom. The van der Waals surface area contributed by atoms with E-state index in [4.69, 9.17) is 4.99 Å². The van der Waals surface area contributed by atoms with Crippen LogP contribution >= 0.6 is 0 Å². The Kier molecular flexibility index (Phi) is 6.12. The largest absolute Gasteiger partial charge is 0.338 e. The molecule has 1 amide bonds. The van der Waals surface area contributed by atoms with Crippen LogP contribution in [0.25, 0.3) is 0 Å². The minimum atomic E-state index is -0.147. The third-order valence-electron chi connectivity index (χ3n) is 6.90. The lowest BCUT2D eigenvalue weighted by Crippen LogP contribution is -2.41. The van der Waals surface area contributed by atoms with Gasteiger partial charge in [0.05, 0.1) is 12.3 Å². The van der Waals surface area contributed by atoms with Crippen molar-refractivity contribution in [2.45, 2.75) is 32.2 Å². The summed E-state index contributed by atoms with van der Waals surface area (Å²) in [5, 5.41) is 0. The van der Waals surface area contributed by atoms with Crippen LogP contribution in [0.15, 0.2) is 64.9 Å². The van der Waals surface area contributed by atoms with Gasteiger partial charge in [-0.1, -0.05) is 18.2 Å². The zero-order valence-electron chi connectivity index (χ0n) is 18.3. The molecule has 0 unspecified atom stereocenters. The van der Waals surface area contributed by atoms with E-state index < -0.39 is 0 Å². The van der Waals surface area contributed by atoms with Crippen molar-refractivity contribution in [1.29, 1.82) is 0 Å². The van der Waals surface area contributed by atoms with Gasteiger partial charge in [0.25, 0.3) is 0 Å². The maximum Gasteiger partial charge on any atom is 0.223 e. The lowest BCUT2D eigenvalue weighted by atomic mass is 9.92. The predicted molar refractivity (Wildman–Crippen MR) is 123 cm³/mol. The van der Waals surface area contributed by atoms with E-state index in [9.17, 15) is 9.18 Å². The number of benzene rings is 1. The molecule has 0 bridgehead atoms. The average molecular weight is 433 g/mol. The summed E-state index contributed by atoms with van der Waals surface area (Å²) >= 11 is 0. The number of amides is 1. The van der Waals surface area contributed by atoms with E-state index in [2.05, 4.69) is 9.88 Å². The third-order valence-corrected chi connectivity index (χ3v) is 6.90. The number of hydrogen-bond acceptors (Lipinski definition) is 4. The Morgan fingerprint density at radius 3 is 2.81 bits per heavy atom. The van der Waals surface area contributed by atoms with Crippen molar-refractivity contribution in [2.24, 2.45) is 10.9 Å². The maximum atomic E-state index is 14.1. The molecule has 2 aromatic rings. The van der Waals surface area contributed by atoms with Crippen molar-refractivity contribution in [2.75, 3.05) is 32.7 Å². The van der Waals surface area contributed by atoms with Gasteiger partial charge in [0.15, 0.2) is 0 Å². The summed E-state index contributed by atoms with van der Waals surface area (Å²) in [6.45, 7) is 4.62. The Morgan fingerprint density at radius 2 is 1.97 bits per heavy atom. The second-order valence-electron chi connectivity index (χ2n) is 9.09. The lowest BCUT2D eigenvalue weighted by Gasteiger charge is -2.35. The molecule has 0 spiro atoms. The Bertz CT molecular complexity index is 1050. The van der Waals surface area contributed by atoms with Gasteiger partial charge in [0, 0.05) is 56.1 Å². The highest BCUT2D eigenvalue weighted by atomic mass is 19.1. The summed E-state index contributed by atoms with van der Waals surface area (Å²) in [7, 11) is 0. The number of rotatable bonds is 5. The van der Waals surface area contributed by atoms with Crippen molar-refractivity contribution in [3.05, 3.63) is 76.9 Å². The molecule has 1 saturated heterocycles. The normalized spacial score (nSPS) is 21.5. The molecular formula is C26H29FN4O. The first kappa shape index (κ1) is 21.0. The number of aliphatic imine (C=N–C) groups is 1. The molecule has 3 aliphatic rings. The molecule has 166 valence electrons. The summed E-state index contributed by atoms with van der Waals surface area (Å²) in [4.78, 5) is 26.4. The minimum Gasteiger partial charge on any atom is -0.338 e. The fourth-order valence-corrected chi connectivity index (χ4v) is 5.18. The van der Waals surface area contributed by atoms with Crippen molar-refractivity contribution in [1.82, 2.24) is 14.8 Å². The summed E-state index contributed by atoms with van der Waals surface area (Å²) < 4.78 is 14.1. The SMILES string of the molecule is O=C(C[C@@H]1CCCN(Cc2ccccc2F)C1)N1CCC2=C(C1)C(c1ccncc1)=NC2. The van der Waals surface area contributed by atoms with Gasteiger partial charge >= 0.3 is 0 Å². The Balaban J connectivity index is 1.19. The van der Waals surface area contributed by atoms with Gasteiger partial charge < -0.3 is 4.90 Å². The fraction of sp³-hybridized carbons (Fsp3) is 0.423. The quantitative estimate of drug-likeness (QED) is 0.721. The van der Waals surface area contributed by atoms with Crippen molar-refractivity contribution < 1.29 is 9.18 Å². The molecule has 0 aliphatic carbocycles. The molecule has 32 heavy (non-hydrogen) atoms. The standard InChI is InChI=1S/C26H29FN4O/c27-24-6-2-1-5-22(24)17-30-12-3-4-19(16-30)14-25(32)31-13-9-21-15-29-26(23(21)18-31)20-7-10-28-11-8-20/h1-2,5-8,10-11,19H,3-4,9,12-18H2/t19-/m0/s1. The van der Waals surface area contributed by atoms with Gasteiger partial charge in [-0.05, 0) is 61.1 Å². The van der Waals surface area contributed by atoms with Crippen LogP contribution in [0, 0.1) is 11.7 Å². The van der Waals surface area contributed by atoms with Crippen LogP contribution < -0.4 is 0 Å². The van der Waals surface area contributed by atoms with Crippen molar-refractivity contribution >= 4 is 11.6 Å². The third kappa shape index (κ3) is 4.51. The van der Waals surface area contributed by atoms with Crippen LogP contribution in [-0.4, -0.2) is 59.1 Å². The van der Waals surface area contributed by atoms with E-state index >= 15 is 0 Å². The topological polar surface area (TPSA) is 48.8 Å². The fourth-order valence-electron chi connectivity index (χ4n) is 5.18. The average Bonchev–Trinajstić information content (AvgIpc) is 3.25. The van der Waals surface area contributed by atoms with Crippen LogP contribution in [0.4, 0.5) is 4.39 Å². The number of halogens is 1. The summed E-state index contributed by atoms with van der Waals surface area (Å²) in [5.74, 6) is 0.414. The highest BCUT2D eigenvalue weighted by Crippen LogP contribution is 2.29. The van der Waals surface area contributed by atoms with E-state index in [1.807, 2.05) is 29.2 Å². The van der Waals surface area contributed by atoms with Crippen LogP contribution in [0.2, 0.25) is 0 Å². The molecule has 0 N–H and O–H groups in total. The lowest BCUT2D eigenvalue weighted by molar-refractivity contribution is -0.132. The molecule has 5 rings (SSSR count). The molecule has 1 aromatic carbocycles. The smallest absolute Gasteiger partial charge is 0.223 e. The molecule has 0 radical (unpaired) electrons. The van der Waals surface area contributed by atoms with Crippen molar-refractivity contribution in [3.63, 3.8) is 0 Å². The number of hydrogen-bond donors (Lipinski definition) is 0. The van der Waals surface area contributed by atoms with E-state index in [1.54, 1.807) is 18.5 Å². The number of carbonyl (C=O) groups is 1. The van der Waals surface area contributed by atoms with E-state index in [1.165, 1.54) is 17.2 Å². The molecule has 6 heteroatoms. The van der Waals surface area contributed by atoms with Gasteiger partial charge in [-0.3, -0.25) is 19.7 Å². The molecule has 1 aromatic heterocycles. The summed E-state index contributed by atoms with van der Waals surface area (Å²) in [5.41, 5.74) is 5.43. The van der Waals surface area contributed by atoms with E-state index in [-0.39, 0.29) is 11.7 Å². The van der Waals surface area contributed by atoms with Crippen LogP contribution in [0.1, 0.15) is 36.8 Å². The zero-order valence-corrected chi connectivity index (χ0v) is 18.3. The first-order valence-electron chi connectivity index (χ1n) is 11.6. The maximum absolute atomic E-state index is 14.1. The molecule has 5 nitrogen and oxygen atoms in total. The molecule has 1 fully saturated rings. The number of carbonyl (C=O) groups excluding carboxylic acids is 1. The van der Waals surface area contributed by atoms with E-state index in [0.717, 1.165) is 62.3 Å². The van der Waals surface area contributed by atoms with Crippen LogP contribution in [0.3, 0.4) is 0 Å². The second kappa shape index (κ2) is 9.33. The Labute approximate surface area is 188 Å². The molecule has 4 heterocycles. The van der Waals surface area contributed by atoms with Gasteiger partial charge in [0.2, 0.25) is 5.91 Å². The predicted octanol–water partition coefficient (Wildman–Crippen LogP) is 3.85. The summed E-state index contributed by atoms with van der Waals surface area (Å²) in [6, 6.07) is 11.0. The first-order valence-corrected chi connectivity index (χ1v) is 11.6. The second-order valence-corrected chi connectivity index (χ2v) is 9.09.